The number of amides is 1. The second-order valence-corrected chi connectivity index (χ2v) is 9.10. The van der Waals surface area contributed by atoms with E-state index in [1.165, 1.54) is 13.2 Å². The Morgan fingerprint density at radius 1 is 1.26 bits per heavy atom. The van der Waals surface area contributed by atoms with E-state index >= 15 is 0 Å². The minimum atomic E-state index is -3.45. The first kappa shape index (κ1) is 22.5. The first-order valence-corrected chi connectivity index (χ1v) is 11.6. The Morgan fingerprint density at radius 3 is 2.71 bits per heavy atom. The first-order valence-electron chi connectivity index (χ1n) is 9.34. The molecule has 3 N–H and O–H groups in total. The number of anilines is 2. The number of sulfonamides is 1. The monoisotopic (exact) mass is 461 g/mol. The Hall–Kier alpha value is -3.18. The van der Waals surface area contributed by atoms with Gasteiger partial charge in [0.1, 0.15) is 5.75 Å². The molecular formula is C20H23N5O4S2. The summed E-state index contributed by atoms with van der Waals surface area (Å²) < 4.78 is 32.7. The molecule has 1 amide bonds. The highest BCUT2D eigenvalue weighted by Gasteiger charge is 2.13. The second-order valence-electron chi connectivity index (χ2n) is 6.96. The minimum Gasteiger partial charge on any atom is -0.494 e. The van der Waals surface area contributed by atoms with Crippen molar-refractivity contribution < 1.29 is 17.9 Å². The third kappa shape index (κ3) is 5.92. The summed E-state index contributed by atoms with van der Waals surface area (Å²) in [6.45, 7) is 2.34. The van der Waals surface area contributed by atoms with E-state index in [-0.39, 0.29) is 18.0 Å². The van der Waals surface area contributed by atoms with Crippen molar-refractivity contribution in [2.75, 3.05) is 23.4 Å². The molecule has 0 saturated carbocycles. The Labute approximate surface area is 185 Å². The Morgan fingerprint density at radius 2 is 2.03 bits per heavy atom. The molecule has 164 valence electrons. The molecule has 0 unspecified atom stereocenters. The summed E-state index contributed by atoms with van der Waals surface area (Å²) in [7, 11) is -2.03. The lowest BCUT2D eigenvalue weighted by molar-refractivity contribution is -0.116. The molecule has 0 fully saturated rings. The van der Waals surface area contributed by atoms with Gasteiger partial charge in [-0.3, -0.25) is 19.2 Å². The van der Waals surface area contributed by atoms with Gasteiger partial charge in [0, 0.05) is 30.3 Å². The fourth-order valence-corrected chi connectivity index (χ4v) is 3.81. The third-order valence-corrected chi connectivity index (χ3v) is 5.28. The summed E-state index contributed by atoms with van der Waals surface area (Å²) >= 11 is 5.32. The number of ether oxygens (including phenoxy) is 1. The van der Waals surface area contributed by atoms with Crippen LogP contribution in [0.25, 0.3) is 11.4 Å². The van der Waals surface area contributed by atoms with Crippen LogP contribution in [0.15, 0.2) is 42.5 Å². The fraction of sp³-hybridized carbons (Fsp3) is 0.250. The zero-order valence-electron chi connectivity index (χ0n) is 17.3. The smallest absolute Gasteiger partial charge is 0.229 e. The SMILES string of the molecule is COc1cc(NC(=O)CCn2c(-c3cccc(C)c3)n[nH]c2=S)ccc1NS(C)(=O)=O. The van der Waals surface area contributed by atoms with Crippen LogP contribution in [0.2, 0.25) is 0 Å². The lowest BCUT2D eigenvalue weighted by atomic mass is 10.1. The molecule has 1 aromatic heterocycles. The van der Waals surface area contributed by atoms with Crippen molar-refractivity contribution in [1.29, 1.82) is 0 Å². The molecule has 0 bridgehead atoms. The van der Waals surface area contributed by atoms with Gasteiger partial charge in [0.2, 0.25) is 15.9 Å². The zero-order chi connectivity index (χ0) is 22.6. The number of nitrogens with zero attached hydrogens (tertiary/aromatic N) is 2. The molecule has 3 aromatic rings. The van der Waals surface area contributed by atoms with E-state index < -0.39 is 10.0 Å². The van der Waals surface area contributed by atoms with Gasteiger partial charge < -0.3 is 10.1 Å². The highest BCUT2D eigenvalue weighted by Crippen LogP contribution is 2.28. The normalized spacial score (nSPS) is 11.2. The van der Waals surface area contributed by atoms with Crippen LogP contribution in [-0.2, 0) is 21.4 Å². The number of aryl methyl sites for hydroxylation is 1. The van der Waals surface area contributed by atoms with Crippen molar-refractivity contribution in [2.45, 2.75) is 19.9 Å². The largest absolute Gasteiger partial charge is 0.494 e. The topological polar surface area (TPSA) is 118 Å². The second kappa shape index (κ2) is 9.31. The lowest BCUT2D eigenvalue weighted by Gasteiger charge is -2.12. The van der Waals surface area contributed by atoms with Crippen molar-refractivity contribution in [1.82, 2.24) is 14.8 Å². The van der Waals surface area contributed by atoms with Crippen LogP contribution in [-0.4, -0.2) is 42.5 Å². The summed E-state index contributed by atoms with van der Waals surface area (Å²) in [6, 6.07) is 12.5. The molecule has 0 atom stereocenters. The molecule has 0 aliphatic heterocycles. The molecule has 0 saturated heterocycles. The van der Waals surface area contributed by atoms with E-state index in [1.54, 1.807) is 16.7 Å². The Kier molecular flexibility index (Phi) is 6.76. The molecule has 3 rings (SSSR count). The van der Waals surface area contributed by atoms with Crippen molar-refractivity contribution in [3.8, 4) is 17.1 Å². The predicted octanol–water partition coefficient (Wildman–Crippen LogP) is 3.33. The van der Waals surface area contributed by atoms with Gasteiger partial charge in [-0.15, -0.1) is 0 Å². The number of aromatic amines is 1. The maximum atomic E-state index is 12.5. The maximum absolute atomic E-state index is 12.5. The van der Waals surface area contributed by atoms with Gasteiger partial charge in [-0.1, -0.05) is 23.8 Å². The van der Waals surface area contributed by atoms with Crippen LogP contribution in [0.5, 0.6) is 5.75 Å². The number of carbonyl (C=O) groups is 1. The average molecular weight is 462 g/mol. The van der Waals surface area contributed by atoms with Crippen molar-refractivity contribution in [2.24, 2.45) is 0 Å². The molecule has 9 nitrogen and oxygen atoms in total. The number of hydrogen-bond acceptors (Lipinski definition) is 6. The van der Waals surface area contributed by atoms with E-state index in [2.05, 4.69) is 20.2 Å². The molecule has 0 radical (unpaired) electrons. The quantitative estimate of drug-likeness (QED) is 0.443. The zero-order valence-corrected chi connectivity index (χ0v) is 18.9. The third-order valence-electron chi connectivity index (χ3n) is 4.38. The standard InChI is InChI=1S/C20H23N5O4S2/c1-13-5-4-6-14(11-13)19-22-23-20(30)25(19)10-9-18(26)21-15-7-8-16(17(12-15)29-2)24-31(3,27)28/h4-8,11-12,24H,9-10H2,1-3H3,(H,21,26)(H,23,30). The summed E-state index contributed by atoms with van der Waals surface area (Å²) in [5.74, 6) is 0.727. The van der Waals surface area contributed by atoms with Crippen LogP contribution in [0.3, 0.4) is 0 Å². The van der Waals surface area contributed by atoms with Crippen LogP contribution in [0.4, 0.5) is 11.4 Å². The summed E-state index contributed by atoms with van der Waals surface area (Å²) in [5, 5.41) is 9.85. The van der Waals surface area contributed by atoms with Gasteiger partial charge >= 0.3 is 0 Å². The van der Waals surface area contributed by atoms with Crippen LogP contribution < -0.4 is 14.8 Å². The van der Waals surface area contributed by atoms with Gasteiger partial charge in [-0.25, -0.2) is 8.42 Å². The number of hydrogen-bond donors (Lipinski definition) is 3. The number of H-pyrrole nitrogens is 1. The van der Waals surface area contributed by atoms with E-state index in [0.717, 1.165) is 17.4 Å². The van der Waals surface area contributed by atoms with Gasteiger partial charge in [-0.2, -0.15) is 5.10 Å². The van der Waals surface area contributed by atoms with Gasteiger partial charge in [-0.05, 0) is 37.3 Å². The van der Waals surface area contributed by atoms with Crippen LogP contribution in [0.1, 0.15) is 12.0 Å². The summed E-state index contributed by atoms with van der Waals surface area (Å²) in [6.07, 6.45) is 1.21. The number of nitrogens with one attached hydrogen (secondary N) is 3. The molecule has 0 aliphatic rings. The average Bonchev–Trinajstić information content (AvgIpc) is 3.07. The van der Waals surface area contributed by atoms with E-state index in [9.17, 15) is 13.2 Å². The van der Waals surface area contributed by atoms with Gasteiger partial charge in [0.15, 0.2) is 10.6 Å². The molecule has 0 aliphatic carbocycles. The first-order chi connectivity index (χ1) is 14.7. The van der Waals surface area contributed by atoms with E-state index in [4.69, 9.17) is 17.0 Å². The molecule has 2 aromatic carbocycles. The van der Waals surface area contributed by atoms with Crippen LogP contribution >= 0.6 is 12.2 Å². The maximum Gasteiger partial charge on any atom is 0.229 e. The minimum absolute atomic E-state index is 0.165. The number of methoxy groups -OCH3 is 1. The summed E-state index contributed by atoms with van der Waals surface area (Å²) in [4.78, 5) is 12.5. The number of rotatable bonds is 8. The van der Waals surface area contributed by atoms with E-state index in [1.807, 2.05) is 31.2 Å². The number of aromatic nitrogens is 3. The summed E-state index contributed by atoms with van der Waals surface area (Å²) in [5.41, 5.74) is 2.77. The molecule has 31 heavy (non-hydrogen) atoms. The Bertz CT molecular complexity index is 1260. The molecule has 1 heterocycles. The molecule has 0 spiro atoms. The highest BCUT2D eigenvalue weighted by molar-refractivity contribution is 7.92. The van der Waals surface area contributed by atoms with Crippen LogP contribution in [0, 0.1) is 11.7 Å². The molecular weight excluding hydrogens is 438 g/mol. The van der Waals surface area contributed by atoms with Gasteiger partial charge in [0.05, 0.1) is 19.1 Å². The lowest BCUT2D eigenvalue weighted by Crippen LogP contribution is -2.15. The van der Waals surface area contributed by atoms with Crippen molar-refractivity contribution in [3.63, 3.8) is 0 Å². The Balaban J connectivity index is 1.70. The predicted molar refractivity (Wildman–Crippen MR) is 122 cm³/mol. The number of benzene rings is 2. The van der Waals surface area contributed by atoms with Crippen molar-refractivity contribution >= 4 is 39.5 Å². The number of carbonyl (C=O) groups excluding carboxylic acids is 1. The van der Waals surface area contributed by atoms with Crippen molar-refractivity contribution in [3.05, 3.63) is 52.8 Å². The fourth-order valence-electron chi connectivity index (χ4n) is 3.02. The van der Waals surface area contributed by atoms with E-state index in [0.29, 0.717) is 28.6 Å². The highest BCUT2D eigenvalue weighted by atomic mass is 32.2. The van der Waals surface area contributed by atoms with Gasteiger partial charge in [0.25, 0.3) is 0 Å². The molecule has 11 heteroatoms.